The molecule has 0 saturated carbocycles. The highest BCUT2D eigenvalue weighted by Crippen LogP contribution is 2.12. The number of alkyl carbamates (subject to hydrolysis) is 1. The van der Waals surface area contributed by atoms with E-state index >= 15 is 0 Å². The largest absolute Gasteiger partial charge is 0.444 e. The van der Waals surface area contributed by atoms with E-state index in [9.17, 15) is 9.59 Å². The van der Waals surface area contributed by atoms with Crippen molar-refractivity contribution in [3.8, 4) is 0 Å². The summed E-state index contributed by atoms with van der Waals surface area (Å²) in [5, 5.41) is 5.97. The SMILES string of the molecule is CC(C)(C)OC(=O)NCCNC(=O)c1ccccc1CBr. The number of alkyl halides is 1. The molecule has 116 valence electrons. The molecule has 0 aliphatic heterocycles. The van der Waals surface area contributed by atoms with Gasteiger partial charge in [-0.2, -0.15) is 0 Å². The van der Waals surface area contributed by atoms with E-state index < -0.39 is 11.7 Å². The number of rotatable bonds is 5. The average molecular weight is 357 g/mol. The van der Waals surface area contributed by atoms with Gasteiger partial charge in [-0.15, -0.1) is 0 Å². The highest BCUT2D eigenvalue weighted by molar-refractivity contribution is 9.08. The fourth-order valence-electron chi connectivity index (χ4n) is 1.61. The Morgan fingerprint density at radius 2 is 1.76 bits per heavy atom. The molecule has 5 nitrogen and oxygen atoms in total. The summed E-state index contributed by atoms with van der Waals surface area (Å²) >= 11 is 3.35. The second-order valence-corrected chi connectivity index (χ2v) is 6.04. The molecule has 2 amide bonds. The number of amides is 2. The van der Waals surface area contributed by atoms with Crippen LogP contribution in [-0.4, -0.2) is 30.7 Å². The zero-order valence-corrected chi connectivity index (χ0v) is 14.1. The van der Waals surface area contributed by atoms with Crippen LogP contribution in [0.15, 0.2) is 24.3 Å². The lowest BCUT2D eigenvalue weighted by Crippen LogP contribution is -2.38. The molecular weight excluding hydrogens is 336 g/mol. The van der Waals surface area contributed by atoms with E-state index in [1.807, 2.05) is 18.2 Å². The molecule has 2 N–H and O–H groups in total. The molecule has 1 rings (SSSR count). The summed E-state index contributed by atoms with van der Waals surface area (Å²) < 4.78 is 5.10. The van der Waals surface area contributed by atoms with Gasteiger partial charge in [-0.3, -0.25) is 4.79 Å². The minimum Gasteiger partial charge on any atom is -0.444 e. The van der Waals surface area contributed by atoms with E-state index in [0.29, 0.717) is 24.0 Å². The Morgan fingerprint density at radius 3 is 2.38 bits per heavy atom. The summed E-state index contributed by atoms with van der Waals surface area (Å²) in [4.78, 5) is 23.4. The standard InChI is InChI=1S/C15H21BrN2O3/c1-15(2,3)21-14(20)18-9-8-17-13(19)12-7-5-4-6-11(12)10-16/h4-7H,8-10H2,1-3H3,(H,17,19)(H,18,20). The predicted molar refractivity (Wildman–Crippen MR) is 85.6 cm³/mol. The van der Waals surface area contributed by atoms with Crippen molar-refractivity contribution < 1.29 is 14.3 Å². The highest BCUT2D eigenvalue weighted by Gasteiger charge is 2.15. The Labute approximate surface area is 133 Å². The second kappa shape index (κ2) is 8.02. The Kier molecular flexibility index (Phi) is 6.68. The number of carbonyl (C=O) groups is 2. The maximum Gasteiger partial charge on any atom is 0.407 e. The number of halogens is 1. The minimum atomic E-state index is -0.526. The molecule has 0 bridgehead atoms. The molecule has 6 heteroatoms. The van der Waals surface area contributed by atoms with E-state index in [1.165, 1.54) is 0 Å². The van der Waals surface area contributed by atoms with E-state index in [4.69, 9.17) is 4.74 Å². The van der Waals surface area contributed by atoms with Crippen LogP contribution in [0.4, 0.5) is 4.79 Å². The molecule has 0 aliphatic rings. The first kappa shape index (κ1) is 17.5. The Morgan fingerprint density at radius 1 is 1.14 bits per heavy atom. The lowest BCUT2D eigenvalue weighted by atomic mass is 10.1. The molecule has 0 aromatic heterocycles. The van der Waals surface area contributed by atoms with E-state index in [2.05, 4.69) is 26.6 Å². The van der Waals surface area contributed by atoms with Gasteiger partial charge in [0.1, 0.15) is 5.60 Å². The first-order chi connectivity index (χ1) is 9.83. The molecule has 1 aromatic carbocycles. The topological polar surface area (TPSA) is 67.4 Å². The molecule has 1 aromatic rings. The number of hydrogen-bond donors (Lipinski definition) is 2. The summed E-state index contributed by atoms with van der Waals surface area (Å²) in [5.74, 6) is -0.156. The van der Waals surface area contributed by atoms with Crippen LogP contribution < -0.4 is 10.6 Å². The Balaban J connectivity index is 2.36. The van der Waals surface area contributed by atoms with Crippen LogP contribution in [0.3, 0.4) is 0 Å². The quantitative estimate of drug-likeness (QED) is 0.629. The maximum atomic E-state index is 12.0. The van der Waals surface area contributed by atoms with Gasteiger partial charge in [-0.25, -0.2) is 4.79 Å². The monoisotopic (exact) mass is 356 g/mol. The van der Waals surface area contributed by atoms with E-state index in [1.54, 1.807) is 26.8 Å². The number of benzene rings is 1. The number of ether oxygens (including phenoxy) is 1. The summed E-state index contributed by atoms with van der Waals surface area (Å²) in [6.07, 6.45) is -0.488. The van der Waals surface area contributed by atoms with Gasteiger partial charge in [-0.1, -0.05) is 34.1 Å². The van der Waals surface area contributed by atoms with Crippen molar-refractivity contribution >= 4 is 27.9 Å². The van der Waals surface area contributed by atoms with Crippen LogP contribution in [-0.2, 0) is 10.1 Å². The van der Waals surface area contributed by atoms with Gasteiger partial charge < -0.3 is 15.4 Å². The number of nitrogens with one attached hydrogen (secondary N) is 2. The predicted octanol–water partition coefficient (Wildman–Crippen LogP) is 2.84. The third-order valence-electron chi connectivity index (χ3n) is 2.48. The summed E-state index contributed by atoms with van der Waals surface area (Å²) in [7, 11) is 0. The molecular formula is C15H21BrN2O3. The van der Waals surface area contributed by atoms with E-state index in [0.717, 1.165) is 5.56 Å². The molecule has 21 heavy (non-hydrogen) atoms. The molecule has 0 unspecified atom stereocenters. The zero-order valence-electron chi connectivity index (χ0n) is 12.5. The summed E-state index contributed by atoms with van der Waals surface area (Å²) in [6, 6.07) is 7.37. The van der Waals surface area contributed by atoms with Crippen LogP contribution in [0, 0.1) is 0 Å². The van der Waals surface area contributed by atoms with Crippen molar-refractivity contribution in [2.75, 3.05) is 13.1 Å². The van der Waals surface area contributed by atoms with Gasteiger partial charge >= 0.3 is 6.09 Å². The normalized spacial score (nSPS) is 10.9. The van der Waals surface area contributed by atoms with Crippen LogP contribution in [0.25, 0.3) is 0 Å². The molecule has 0 aliphatic carbocycles. The van der Waals surface area contributed by atoms with Crippen LogP contribution in [0.2, 0.25) is 0 Å². The lowest BCUT2D eigenvalue weighted by molar-refractivity contribution is 0.0526. The average Bonchev–Trinajstić information content (AvgIpc) is 2.41. The highest BCUT2D eigenvalue weighted by atomic mass is 79.9. The minimum absolute atomic E-state index is 0.156. The fourth-order valence-corrected chi connectivity index (χ4v) is 2.10. The third kappa shape index (κ3) is 6.62. The smallest absolute Gasteiger partial charge is 0.407 e. The molecule has 0 fully saturated rings. The van der Waals surface area contributed by atoms with Crippen molar-refractivity contribution in [2.24, 2.45) is 0 Å². The Hall–Kier alpha value is -1.56. The summed E-state index contributed by atoms with van der Waals surface area (Å²) in [5.41, 5.74) is 1.03. The van der Waals surface area contributed by atoms with Crippen molar-refractivity contribution in [2.45, 2.75) is 31.7 Å². The maximum absolute atomic E-state index is 12.0. The number of hydrogen-bond acceptors (Lipinski definition) is 3. The van der Waals surface area contributed by atoms with Crippen molar-refractivity contribution in [1.29, 1.82) is 0 Å². The van der Waals surface area contributed by atoms with Crippen molar-refractivity contribution in [3.63, 3.8) is 0 Å². The van der Waals surface area contributed by atoms with E-state index in [-0.39, 0.29) is 5.91 Å². The van der Waals surface area contributed by atoms with Gasteiger partial charge in [0, 0.05) is 24.0 Å². The van der Waals surface area contributed by atoms with Gasteiger partial charge in [0.2, 0.25) is 0 Å². The van der Waals surface area contributed by atoms with Crippen molar-refractivity contribution in [3.05, 3.63) is 35.4 Å². The summed E-state index contributed by atoms with van der Waals surface area (Å²) in [6.45, 7) is 6.05. The molecule has 0 heterocycles. The lowest BCUT2D eigenvalue weighted by Gasteiger charge is -2.19. The van der Waals surface area contributed by atoms with Crippen LogP contribution >= 0.6 is 15.9 Å². The zero-order chi connectivity index (χ0) is 15.9. The fraction of sp³-hybridized carbons (Fsp3) is 0.467. The van der Waals surface area contributed by atoms with Gasteiger partial charge in [0.25, 0.3) is 5.91 Å². The number of carbonyl (C=O) groups excluding carboxylic acids is 2. The van der Waals surface area contributed by atoms with Crippen LogP contribution in [0.5, 0.6) is 0 Å². The third-order valence-corrected chi connectivity index (χ3v) is 3.09. The van der Waals surface area contributed by atoms with Gasteiger partial charge in [0.05, 0.1) is 0 Å². The molecule has 0 radical (unpaired) electrons. The Bertz CT molecular complexity index is 498. The molecule has 0 atom stereocenters. The first-order valence-electron chi connectivity index (χ1n) is 6.72. The molecule has 0 saturated heterocycles. The first-order valence-corrected chi connectivity index (χ1v) is 7.84. The van der Waals surface area contributed by atoms with Gasteiger partial charge in [0.15, 0.2) is 0 Å². The van der Waals surface area contributed by atoms with Gasteiger partial charge in [-0.05, 0) is 32.4 Å². The van der Waals surface area contributed by atoms with Crippen molar-refractivity contribution in [1.82, 2.24) is 10.6 Å². The second-order valence-electron chi connectivity index (χ2n) is 5.48. The molecule has 0 spiro atoms. The van der Waals surface area contributed by atoms with Crippen LogP contribution in [0.1, 0.15) is 36.7 Å².